The maximum absolute atomic E-state index is 15.1. The van der Waals surface area contributed by atoms with Crippen LogP contribution in [0.3, 0.4) is 0 Å². The Balaban J connectivity index is 1.45. The van der Waals surface area contributed by atoms with Crippen LogP contribution in [0.5, 0.6) is 0 Å². The summed E-state index contributed by atoms with van der Waals surface area (Å²) in [6, 6.07) is 4.65. The molecule has 144 valence electrons. The van der Waals surface area contributed by atoms with Crippen LogP contribution in [0.2, 0.25) is 10.0 Å². The number of benzene rings is 1. The molecule has 0 unspecified atom stereocenters. The fourth-order valence-corrected chi connectivity index (χ4v) is 4.60. The van der Waals surface area contributed by atoms with E-state index >= 15 is 4.39 Å². The van der Waals surface area contributed by atoms with Gasteiger partial charge in [0.05, 0.1) is 6.54 Å². The van der Waals surface area contributed by atoms with Crippen molar-refractivity contribution in [2.45, 2.75) is 50.6 Å². The molecule has 0 bridgehead atoms. The first kappa shape index (κ1) is 19.9. The lowest BCUT2D eigenvalue weighted by Gasteiger charge is -2.38. The van der Waals surface area contributed by atoms with E-state index in [0.717, 1.165) is 25.6 Å². The van der Waals surface area contributed by atoms with Crippen molar-refractivity contribution in [2.75, 3.05) is 26.2 Å². The number of carbonyl (C=O) groups is 1. The van der Waals surface area contributed by atoms with Crippen LogP contribution in [0.15, 0.2) is 18.2 Å². The first-order chi connectivity index (χ1) is 12.4. The molecule has 6 heteroatoms. The van der Waals surface area contributed by atoms with Crippen LogP contribution in [0, 0.1) is 5.92 Å². The Morgan fingerprint density at radius 2 is 1.73 bits per heavy atom. The van der Waals surface area contributed by atoms with Crippen molar-refractivity contribution in [3.05, 3.63) is 33.8 Å². The summed E-state index contributed by atoms with van der Waals surface area (Å²) in [5.41, 5.74) is -0.970. The van der Waals surface area contributed by atoms with Crippen LogP contribution in [0.4, 0.5) is 4.39 Å². The van der Waals surface area contributed by atoms with Crippen LogP contribution in [-0.4, -0.2) is 42.7 Å². The van der Waals surface area contributed by atoms with Gasteiger partial charge in [0.2, 0.25) is 0 Å². The number of halogens is 3. The highest BCUT2D eigenvalue weighted by Gasteiger charge is 2.35. The Bertz CT molecular complexity index is 606. The Labute approximate surface area is 165 Å². The van der Waals surface area contributed by atoms with Crippen molar-refractivity contribution in [3.63, 3.8) is 0 Å². The maximum atomic E-state index is 15.1. The SMILES string of the molecule is O=C(NCC1(F)CCN(CC2CCCCC2)CC1)c1cc(Cl)cc(Cl)c1. The minimum atomic E-state index is -1.33. The van der Waals surface area contributed by atoms with Gasteiger partial charge in [-0.1, -0.05) is 42.5 Å². The summed E-state index contributed by atoms with van der Waals surface area (Å²) in [4.78, 5) is 14.7. The molecule has 3 rings (SSSR count). The van der Waals surface area contributed by atoms with Gasteiger partial charge >= 0.3 is 0 Å². The third-order valence-electron chi connectivity index (χ3n) is 5.68. The number of nitrogens with one attached hydrogen (secondary N) is 1. The van der Waals surface area contributed by atoms with Gasteiger partial charge < -0.3 is 10.2 Å². The minimum Gasteiger partial charge on any atom is -0.349 e. The predicted molar refractivity (Wildman–Crippen MR) is 105 cm³/mol. The van der Waals surface area contributed by atoms with Crippen molar-refractivity contribution >= 4 is 29.1 Å². The normalized spacial score (nSPS) is 21.5. The van der Waals surface area contributed by atoms with Gasteiger partial charge in [-0.2, -0.15) is 0 Å². The monoisotopic (exact) mass is 400 g/mol. The lowest BCUT2D eigenvalue weighted by atomic mass is 9.87. The van der Waals surface area contributed by atoms with Gasteiger partial charge in [0.15, 0.2) is 0 Å². The zero-order valence-corrected chi connectivity index (χ0v) is 16.6. The maximum Gasteiger partial charge on any atom is 0.251 e. The standard InChI is InChI=1S/C20H27Cl2FN2O/c21-17-10-16(11-18(22)12-17)19(26)24-14-20(23)6-8-25(9-7-20)13-15-4-2-1-3-5-15/h10-12,15H,1-9,13-14H2,(H,24,26). The highest BCUT2D eigenvalue weighted by atomic mass is 35.5. The molecule has 3 nitrogen and oxygen atoms in total. The van der Waals surface area contributed by atoms with Gasteiger partial charge in [-0.3, -0.25) is 4.79 Å². The van der Waals surface area contributed by atoms with Crippen LogP contribution < -0.4 is 5.32 Å². The molecule has 0 spiro atoms. The Morgan fingerprint density at radius 3 is 2.35 bits per heavy atom. The first-order valence-electron chi connectivity index (χ1n) is 9.59. The van der Waals surface area contributed by atoms with E-state index < -0.39 is 5.67 Å². The molecule has 0 atom stereocenters. The zero-order valence-electron chi connectivity index (χ0n) is 15.1. The molecule has 2 aliphatic rings. The van der Waals surface area contributed by atoms with E-state index in [0.29, 0.717) is 28.5 Å². The molecule has 1 N–H and O–H groups in total. The van der Waals surface area contributed by atoms with E-state index in [2.05, 4.69) is 10.2 Å². The van der Waals surface area contributed by atoms with E-state index in [1.54, 1.807) is 18.2 Å². The Morgan fingerprint density at radius 1 is 1.12 bits per heavy atom. The van der Waals surface area contributed by atoms with Crippen molar-refractivity contribution in [3.8, 4) is 0 Å². The van der Waals surface area contributed by atoms with E-state index in [1.165, 1.54) is 32.1 Å². The van der Waals surface area contributed by atoms with E-state index in [-0.39, 0.29) is 12.5 Å². The second-order valence-corrected chi connectivity index (χ2v) is 8.67. The molecular weight excluding hydrogens is 374 g/mol. The lowest BCUT2D eigenvalue weighted by Crippen LogP contribution is -2.49. The van der Waals surface area contributed by atoms with E-state index in [1.807, 2.05) is 0 Å². The van der Waals surface area contributed by atoms with Crippen molar-refractivity contribution in [2.24, 2.45) is 5.92 Å². The second-order valence-electron chi connectivity index (χ2n) is 7.80. The van der Waals surface area contributed by atoms with Gasteiger partial charge in [-0.15, -0.1) is 0 Å². The molecule has 1 aromatic carbocycles. The van der Waals surface area contributed by atoms with Crippen molar-refractivity contribution < 1.29 is 9.18 Å². The zero-order chi connectivity index (χ0) is 18.6. The number of hydrogen-bond acceptors (Lipinski definition) is 2. The van der Waals surface area contributed by atoms with Crippen molar-refractivity contribution in [1.82, 2.24) is 10.2 Å². The van der Waals surface area contributed by atoms with E-state index in [4.69, 9.17) is 23.2 Å². The number of likely N-dealkylation sites (tertiary alicyclic amines) is 1. The number of nitrogens with zero attached hydrogens (tertiary/aromatic N) is 1. The van der Waals surface area contributed by atoms with Crippen LogP contribution >= 0.6 is 23.2 Å². The summed E-state index contributed by atoms with van der Waals surface area (Å²) in [6.45, 7) is 2.68. The van der Waals surface area contributed by atoms with Gasteiger partial charge in [0.1, 0.15) is 5.67 Å². The van der Waals surface area contributed by atoms with Crippen LogP contribution in [-0.2, 0) is 0 Å². The van der Waals surface area contributed by atoms with Gasteiger partial charge in [-0.25, -0.2) is 4.39 Å². The molecule has 2 fully saturated rings. The van der Waals surface area contributed by atoms with Gasteiger partial charge in [0.25, 0.3) is 5.91 Å². The third-order valence-corrected chi connectivity index (χ3v) is 6.12. The molecule has 1 heterocycles. The molecule has 0 radical (unpaired) electrons. The Hall–Kier alpha value is -0.840. The number of alkyl halides is 1. The van der Waals surface area contributed by atoms with Crippen LogP contribution in [0.1, 0.15) is 55.3 Å². The molecule has 26 heavy (non-hydrogen) atoms. The van der Waals surface area contributed by atoms with Gasteiger partial charge in [0, 0.05) is 35.2 Å². The summed E-state index contributed by atoms with van der Waals surface area (Å²) in [5.74, 6) is 0.444. The summed E-state index contributed by atoms with van der Waals surface area (Å²) in [5, 5.41) is 3.50. The lowest BCUT2D eigenvalue weighted by molar-refractivity contribution is 0.0461. The molecule has 1 saturated carbocycles. The summed E-state index contributed by atoms with van der Waals surface area (Å²) in [6.07, 6.45) is 7.61. The molecule has 0 aromatic heterocycles. The fraction of sp³-hybridized carbons (Fsp3) is 0.650. The number of piperidine rings is 1. The highest BCUT2D eigenvalue weighted by Crippen LogP contribution is 2.29. The highest BCUT2D eigenvalue weighted by molar-refractivity contribution is 6.35. The molecular formula is C20H27Cl2FN2O. The number of amides is 1. The number of hydrogen-bond donors (Lipinski definition) is 1. The summed E-state index contributed by atoms with van der Waals surface area (Å²) >= 11 is 11.8. The van der Waals surface area contributed by atoms with Crippen LogP contribution in [0.25, 0.3) is 0 Å². The van der Waals surface area contributed by atoms with Gasteiger partial charge in [-0.05, 0) is 49.8 Å². The Kier molecular flexibility index (Phi) is 6.81. The largest absolute Gasteiger partial charge is 0.349 e. The van der Waals surface area contributed by atoms with E-state index in [9.17, 15) is 4.79 Å². The molecule has 1 aromatic rings. The molecule has 1 saturated heterocycles. The quantitative estimate of drug-likeness (QED) is 0.744. The fourth-order valence-electron chi connectivity index (χ4n) is 4.07. The average molecular weight is 401 g/mol. The number of carbonyl (C=O) groups excluding carboxylic acids is 1. The first-order valence-corrected chi connectivity index (χ1v) is 10.3. The average Bonchev–Trinajstić information content (AvgIpc) is 2.62. The summed E-state index contributed by atoms with van der Waals surface area (Å²) < 4.78 is 15.1. The second kappa shape index (κ2) is 8.90. The number of rotatable bonds is 5. The molecule has 1 aliphatic heterocycles. The topological polar surface area (TPSA) is 32.3 Å². The predicted octanol–water partition coefficient (Wildman–Crippen LogP) is 5.11. The molecule has 1 aliphatic carbocycles. The summed E-state index contributed by atoms with van der Waals surface area (Å²) in [7, 11) is 0. The molecule has 1 amide bonds. The van der Waals surface area contributed by atoms with Crippen molar-refractivity contribution in [1.29, 1.82) is 0 Å². The minimum absolute atomic E-state index is 0.0350. The smallest absolute Gasteiger partial charge is 0.251 e. The third kappa shape index (κ3) is 5.58.